The Kier molecular flexibility index (Phi) is 467. The molecule has 0 fully saturated rings. The van der Waals surface area contributed by atoms with E-state index in [0.29, 0.717) is 198 Å². The first-order chi connectivity index (χ1) is 46.7. The van der Waals surface area contributed by atoms with Crippen LogP contribution < -0.4 is 0 Å². The number of ether oxygens (including phenoxy) is 18. The van der Waals surface area contributed by atoms with E-state index in [1.807, 2.05) is 107 Å². The molecule has 0 atom stereocenters. The summed E-state index contributed by atoms with van der Waals surface area (Å²) < 4.78 is 111. The standard InChI is InChI=1S/C54H110O18.8C2H6S.27CH4/c1-9-17-56-25-33-64-41-52(40-63-32-24-55-16-8,42-65-34-26-57-18-10-2)48-71-50-54(46-69-38-30-61-22-14-6,47-70-39-31-62-23-15-7)51-72-49-53(43-66-35-27-58-19-11-3,44-67-36-28-59-20-12-4)45-68-37-29-60-21-13-5;8*1-3-2;;;;;;;;;;;;;;;;;;;;;;;;;;;/h9-51H2,1-8H3;8*1-2H3;27*1H4. The van der Waals surface area contributed by atoms with Gasteiger partial charge in [0.1, 0.15) is 0 Å². The van der Waals surface area contributed by atoms with E-state index in [1.54, 1.807) is 94.1 Å². The molecule has 0 bridgehead atoms. The SMILES string of the molecule is C.C.C.C.C.C.C.C.C.C.C.C.C.C.C.C.C.C.C.C.C.C.C.C.C.C.C.CCCOCCOCC(COCCOCC)(COCCOCCC)COCC(COCCOCCC)(COCCOCCC)COCC(COCCOCCC)(COCCOCCC)COCCOCCC.CSC.CSC.CSC.CSC.CSC.CSC.CSC.CSC. The number of rotatable bonds is 63. The van der Waals surface area contributed by atoms with Gasteiger partial charge in [-0.3, -0.25) is 0 Å². The molecule has 0 rings (SSSR count). The van der Waals surface area contributed by atoms with Crippen LogP contribution in [0.4, 0.5) is 0 Å². The molecular formula is C97H266O18S8. The van der Waals surface area contributed by atoms with E-state index in [0.717, 1.165) is 44.9 Å². The molecule has 0 saturated heterocycles. The van der Waals surface area contributed by atoms with E-state index in [4.69, 9.17) is 85.3 Å². The summed E-state index contributed by atoms with van der Waals surface area (Å²) in [4.78, 5) is 0. The van der Waals surface area contributed by atoms with Crippen molar-refractivity contribution in [3.63, 3.8) is 0 Å². The fourth-order valence-electron chi connectivity index (χ4n) is 6.84. The van der Waals surface area contributed by atoms with Gasteiger partial charge >= 0.3 is 0 Å². The smallest absolute Gasteiger partial charge is 0.0700 e. The molecule has 0 N–H and O–H groups in total. The summed E-state index contributed by atoms with van der Waals surface area (Å²) in [7, 11) is 0. The zero-order valence-corrected chi connectivity index (χ0v) is 73.1. The molecule has 0 aliphatic carbocycles. The number of hydrogen-bond acceptors (Lipinski definition) is 26. The van der Waals surface area contributed by atoms with Crippen LogP contribution in [0.5, 0.6) is 0 Å². The Bertz CT molecular complexity index is 1130. The molecule has 0 aromatic carbocycles. The lowest BCUT2D eigenvalue weighted by Gasteiger charge is -2.38. The Balaban J connectivity index is -0.0000000390. The van der Waals surface area contributed by atoms with Crippen LogP contribution >= 0.6 is 94.1 Å². The third-order valence-corrected chi connectivity index (χ3v) is 10.5. The van der Waals surface area contributed by atoms with Gasteiger partial charge in [0, 0.05) is 52.9 Å². The maximum Gasteiger partial charge on any atom is 0.0700 e. The predicted molar refractivity (Wildman–Crippen MR) is 617 cm³/mol. The fraction of sp³-hybridized carbons (Fsp3) is 1.00. The van der Waals surface area contributed by atoms with Crippen molar-refractivity contribution in [3.8, 4) is 0 Å². The summed E-state index contributed by atoms with van der Waals surface area (Å²) in [5, 5.41) is 0. The minimum atomic E-state index is -0.787. The third kappa shape index (κ3) is 233. The lowest BCUT2D eigenvalue weighted by molar-refractivity contribution is -0.162. The molecule has 0 spiro atoms. The molecule has 0 unspecified atom stereocenters. The second-order valence-electron chi connectivity index (χ2n) is 21.7. The van der Waals surface area contributed by atoms with Crippen molar-refractivity contribution in [1.82, 2.24) is 0 Å². The van der Waals surface area contributed by atoms with Gasteiger partial charge in [0.05, 0.1) is 201 Å². The third-order valence-electron chi connectivity index (χ3n) is 10.5. The Morgan fingerprint density at radius 1 is 0.122 bits per heavy atom. The molecular weight excluding hydrogens is 1710 g/mol. The van der Waals surface area contributed by atoms with Gasteiger partial charge in [0.15, 0.2) is 0 Å². The van der Waals surface area contributed by atoms with Crippen LogP contribution in [0.15, 0.2) is 0 Å². The van der Waals surface area contributed by atoms with Crippen LogP contribution in [0, 0.1) is 16.2 Å². The summed E-state index contributed by atoms with van der Waals surface area (Å²) in [6.45, 7) is 32.3. The van der Waals surface area contributed by atoms with Crippen molar-refractivity contribution < 1.29 is 85.3 Å². The van der Waals surface area contributed by atoms with Crippen molar-refractivity contribution in [1.29, 1.82) is 0 Å². The van der Waals surface area contributed by atoms with Crippen molar-refractivity contribution in [2.24, 2.45) is 16.2 Å². The van der Waals surface area contributed by atoms with Gasteiger partial charge < -0.3 is 85.3 Å². The molecule has 0 aromatic rings. The highest BCUT2D eigenvalue weighted by Crippen LogP contribution is 2.28. The lowest BCUT2D eigenvalue weighted by Crippen LogP contribution is -2.48. The van der Waals surface area contributed by atoms with Crippen molar-refractivity contribution >= 4 is 94.1 Å². The van der Waals surface area contributed by atoms with E-state index in [9.17, 15) is 0 Å². The average molecular weight is 1980 g/mol. The van der Waals surface area contributed by atoms with Gasteiger partial charge in [-0.25, -0.2) is 0 Å². The molecule has 0 aromatic heterocycles. The lowest BCUT2D eigenvalue weighted by atomic mass is 9.89. The van der Waals surface area contributed by atoms with E-state index < -0.39 is 16.2 Å². The van der Waals surface area contributed by atoms with Gasteiger partial charge in [-0.15, -0.1) is 0 Å². The zero-order valence-electron chi connectivity index (χ0n) is 66.5. The number of hydrogen-bond donors (Lipinski definition) is 0. The Hall–Kier alpha value is 2.08. The Morgan fingerprint density at radius 2 is 0.203 bits per heavy atom. The topological polar surface area (TPSA) is 166 Å². The summed E-state index contributed by atoms with van der Waals surface area (Å²) >= 11 is 14.0. The van der Waals surface area contributed by atoms with Crippen LogP contribution in [-0.4, -0.2) is 338 Å². The fourth-order valence-corrected chi connectivity index (χ4v) is 6.84. The first-order valence-corrected chi connectivity index (χ1v) is 47.4. The molecule has 0 aliphatic rings. The molecule has 26 heteroatoms. The maximum absolute atomic E-state index is 6.90. The van der Waals surface area contributed by atoms with Crippen LogP contribution in [-0.2, 0) is 85.3 Å². The second-order valence-corrected chi connectivity index (χ2v) is 28.2. The van der Waals surface area contributed by atoms with Crippen molar-refractivity contribution in [3.05, 3.63) is 0 Å². The molecule has 0 heterocycles. The molecule has 0 aliphatic heterocycles. The van der Waals surface area contributed by atoms with Gasteiger partial charge in [-0.2, -0.15) is 94.1 Å². The molecule has 810 valence electrons. The van der Waals surface area contributed by atoms with E-state index in [-0.39, 0.29) is 240 Å². The van der Waals surface area contributed by atoms with Gasteiger partial charge in [0.25, 0.3) is 0 Å². The quantitative estimate of drug-likeness (QED) is 0.0527. The minimum absolute atomic E-state index is 0. The normalized spacial score (nSPS) is 8.49. The summed E-state index contributed by atoms with van der Waals surface area (Å²) in [6, 6.07) is 0. The summed E-state index contributed by atoms with van der Waals surface area (Å²) in [5.41, 5.74) is -2.17. The maximum atomic E-state index is 6.90. The predicted octanol–water partition coefficient (Wildman–Crippen LogP) is 32.1. The highest BCUT2D eigenvalue weighted by Gasteiger charge is 2.39. The Labute approximate surface area is 828 Å². The van der Waals surface area contributed by atoms with Crippen molar-refractivity contribution in [2.75, 3.05) is 338 Å². The van der Waals surface area contributed by atoms with Crippen molar-refractivity contribution in [2.45, 2.75) is 301 Å². The molecule has 18 nitrogen and oxygen atoms in total. The molecule has 123 heavy (non-hydrogen) atoms. The summed E-state index contributed by atoms with van der Waals surface area (Å²) in [6.07, 6.45) is 39.2. The molecule has 0 amide bonds. The van der Waals surface area contributed by atoms with Gasteiger partial charge in [-0.05, 0) is 152 Å². The van der Waals surface area contributed by atoms with E-state index in [2.05, 4.69) is 48.5 Å². The first kappa shape index (κ1) is 243. The average Bonchev–Trinajstić information content (AvgIpc) is 0.845. The highest BCUT2D eigenvalue weighted by molar-refractivity contribution is 7.99. The monoisotopic (exact) mass is 1980 g/mol. The van der Waals surface area contributed by atoms with Crippen LogP contribution in [0.1, 0.15) is 301 Å². The van der Waals surface area contributed by atoms with E-state index in [1.165, 1.54) is 0 Å². The molecule has 0 radical (unpaired) electrons. The second kappa shape index (κ2) is 237. The van der Waals surface area contributed by atoms with Gasteiger partial charge in [-0.1, -0.05) is 249 Å². The van der Waals surface area contributed by atoms with Crippen LogP contribution in [0.2, 0.25) is 0 Å². The first-order valence-electron chi connectivity index (χ1n) is 34.3. The largest absolute Gasteiger partial charge is 0.380 e. The zero-order chi connectivity index (χ0) is 74.3. The van der Waals surface area contributed by atoms with E-state index >= 15 is 0 Å². The van der Waals surface area contributed by atoms with Crippen LogP contribution in [0.3, 0.4) is 0 Å². The summed E-state index contributed by atoms with van der Waals surface area (Å²) in [5.74, 6) is 0. The Morgan fingerprint density at radius 3 is 0.293 bits per heavy atom. The highest BCUT2D eigenvalue weighted by atomic mass is 32.2. The van der Waals surface area contributed by atoms with Crippen LogP contribution in [0.25, 0.3) is 0 Å². The minimum Gasteiger partial charge on any atom is -0.380 e. The number of thioether (sulfide) groups is 8. The molecule has 0 saturated carbocycles. The van der Waals surface area contributed by atoms with Gasteiger partial charge in [0.2, 0.25) is 0 Å².